The maximum Gasteiger partial charge on any atom is 0.224 e. The molecule has 0 aliphatic carbocycles. The summed E-state index contributed by atoms with van der Waals surface area (Å²) in [5.74, 6) is 0.210. The molecule has 0 N–H and O–H groups in total. The minimum absolute atomic E-state index is 0.190. The summed E-state index contributed by atoms with van der Waals surface area (Å²) in [4.78, 5) is 16.0. The Morgan fingerprint density at radius 1 is 1.20 bits per heavy atom. The number of hydrogen-bond acceptors (Lipinski definition) is 4. The van der Waals surface area contributed by atoms with Crippen molar-refractivity contribution in [2.45, 2.75) is 18.2 Å². The van der Waals surface area contributed by atoms with Gasteiger partial charge in [-0.05, 0) is 17.7 Å². The quantitative estimate of drug-likeness (QED) is 0.858. The van der Waals surface area contributed by atoms with Crippen molar-refractivity contribution in [1.82, 2.24) is 4.90 Å². The highest BCUT2D eigenvalue weighted by molar-refractivity contribution is 7.81. The van der Waals surface area contributed by atoms with Gasteiger partial charge in [-0.15, -0.1) is 0 Å². The molecular formula is C15H20N2O2S. The molecule has 2 fully saturated rings. The average Bonchev–Trinajstić information content (AvgIpc) is 2.79. The first-order valence-electron chi connectivity index (χ1n) is 7.10. The first-order chi connectivity index (χ1) is 9.72. The van der Waals surface area contributed by atoms with E-state index in [-0.39, 0.29) is 11.2 Å². The van der Waals surface area contributed by atoms with Crippen LogP contribution in [0.2, 0.25) is 0 Å². The highest BCUT2D eigenvalue weighted by atomic mass is 32.1. The predicted octanol–water partition coefficient (Wildman–Crippen LogP) is 1.55. The SMILES string of the molecule is O=C1CC(S)CN1Cc1ccc(N2CCOCC2)cc1. The first-order valence-corrected chi connectivity index (χ1v) is 7.61. The molecule has 0 aromatic heterocycles. The second kappa shape index (κ2) is 6.06. The van der Waals surface area contributed by atoms with E-state index < -0.39 is 0 Å². The third-order valence-corrected chi connectivity index (χ3v) is 4.23. The number of amides is 1. The van der Waals surface area contributed by atoms with Gasteiger partial charge in [-0.3, -0.25) is 4.79 Å². The van der Waals surface area contributed by atoms with Gasteiger partial charge in [0.1, 0.15) is 0 Å². The number of likely N-dealkylation sites (tertiary alicyclic amines) is 1. The Labute approximate surface area is 125 Å². The average molecular weight is 292 g/mol. The Balaban J connectivity index is 1.62. The molecule has 108 valence electrons. The third-order valence-electron chi connectivity index (χ3n) is 3.88. The largest absolute Gasteiger partial charge is 0.378 e. The molecule has 5 heteroatoms. The number of morpholine rings is 1. The van der Waals surface area contributed by atoms with Crippen LogP contribution in [0.1, 0.15) is 12.0 Å². The predicted molar refractivity (Wildman–Crippen MR) is 82.3 cm³/mol. The first kappa shape index (κ1) is 13.8. The van der Waals surface area contributed by atoms with Crippen LogP contribution in [0.4, 0.5) is 5.69 Å². The van der Waals surface area contributed by atoms with Crippen LogP contribution in [0.5, 0.6) is 0 Å². The number of ether oxygens (including phenoxy) is 1. The zero-order valence-corrected chi connectivity index (χ0v) is 12.4. The second-order valence-corrected chi connectivity index (χ2v) is 6.13. The summed E-state index contributed by atoms with van der Waals surface area (Å²) in [7, 11) is 0. The van der Waals surface area contributed by atoms with E-state index >= 15 is 0 Å². The van der Waals surface area contributed by atoms with Gasteiger partial charge in [-0.25, -0.2) is 0 Å². The molecule has 1 unspecified atom stereocenters. The lowest BCUT2D eigenvalue weighted by molar-refractivity contribution is -0.128. The van der Waals surface area contributed by atoms with Crippen molar-refractivity contribution >= 4 is 24.2 Å². The van der Waals surface area contributed by atoms with Gasteiger partial charge in [0, 0.05) is 43.5 Å². The fourth-order valence-electron chi connectivity index (χ4n) is 2.76. The van der Waals surface area contributed by atoms with Gasteiger partial charge in [-0.1, -0.05) is 12.1 Å². The molecule has 4 nitrogen and oxygen atoms in total. The smallest absolute Gasteiger partial charge is 0.224 e. The van der Waals surface area contributed by atoms with E-state index in [2.05, 4.69) is 41.8 Å². The fourth-order valence-corrected chi connectivity index (χ4v) is 3.11. The minimum Gasteiger partial charge on any atom is -0.378 e. The number of hydrogen-bond donors (Lipinski definition) is 1. The molecule has 0 radical (unpaired) electrons. The van der Waals surface area contributed by atoms with Crippen molar-refractivity contribution in [3.05, 3.63) is 29.8 Å². The summed E-state index contributed by atoms with van der Waals surface area (Å²) < 4.78 is 5.36. The second-order valence-electron chi connectivity index (χ2n) is 5.40. The Bertz CT molecular complexity index is 471. The minimum atomic E-state index is 0.190. The maximum atomic E-state index is 11.8. The van der Waals surface area contributed by atoms with Crippen molar-refractivity contribution in [3.63, 3.8) is 0 Å². The van der Waals surface area contributed by atoms with Gasteiger partial charge >= 0.3 is 0 Å². The van der Waals surface area contributed by atoms with E-state index in [1.165, 1.54) is 11.3 Å². The molecule has 20 heavy (non-hydrogen) atoms. The van der Waals surface area contributed by atoms with Crippen LogP contribution in [-0.4, -0.2) is 48.9 Å². The Kier molecular flexibility index (Phi) is 4.17. The van der Waals surface area contributed by atoms with Crippen LogP contribution in [-0.2, 0) is 16.1 Å². The summed E-state index contributed by atoms with van der Waals surface area (Å²) in [6.45, 7) is 4.95. The van der Waals surface area contributed by atoms with Crippen molar-refractivity contribution < 1.29 is 9.53 Å². The maximum absolute atomic E-state index is 11.8. The molecule has 3 rings (SSSR count). The summed E-state index contributed by atoms with van der Waals surface area (Å²) in [5.41, 5.74) is 2.41. The number of anilines is 1. The topological polar surface area (TPSA) is 32.8 Å². The molecule has 0 spiro atoms. The number of carbonyl (C=O) groups excluding carboxylic acids is 1. The van der Waals surface area contributed by atoms with Crippen molar-refractivity contribution in [1.29, 1.82) is 0 Å². The van der Waals surface area contributed by atoms with Crippen LogP contribution in [0.15, 0.2) is 24.3 Å². The van der Waals surface area contributed by atoms with Gasteiger partial charge < -0.3 is 14.5 Å². The van der Waals surface area contributed by atoms with E-state index in [1.54, 1.807) is 0 Å². The van der Waals surface area contributed by atoms with Crippen LogP contribution in [0, 0.1) is 0 Å². The molecule has 2 aliphatic rings. The number of nitrogens with zero attached hydrogens (tertiary/aromatic N) is 2. The van der Waals surface area contributed by atoms with Crippen LogP contribution < -0.4 is 4.90 Å². The summed E-state index contributed by atoms with van der Waals surface area (Å²) in [6.07, 6.45) is 0.564. The van der Waals surface area contributed by atoms with E-state index in [0.717, 1.165) is 32.8 Å². The highest BCUT2D eigenvalue weighted by Gasteiger charge is 2.26. The molecule has 2 heterocycles. The van der Waals surface area contributed by atoms with E-state index in [0.29, 0.717) is 13.0 Å². The van der Waals surface area contributed by atoms with Crippen LogP contribution in [0.3, 0.4) is 0 Å². The van der Waals surface area contributed by atoms with E-state index in [1.807, 2.05) is 4.90 Å². The molecule has 2 aliphatic heterocycles. The molecular weight excluding hydrogens is 272 g/mol. The molecule has 1 aromatic rings. The van der Waals surface area contributed by atoms with Gasteiger partial charge in [0.05, 0.1) is 13.2 Å². The van der Waals surface area contributed by atoms with Gasteiger partial charge in [-0.2, -0.15) is 12.6 Å². The zero-order chi connectivity index (χ0) is 13.9. The van der Waals surface area contributed by atoms with Crippen molar-refractivity contribution in [2.75, 3.05) is 37.7 Å². The normalized spacial score (nSPS) is 23.4. The summed E-state index contributed by atoms with van der Waals surface area (Å²) >= 11 is 4.38. The Morgan fingerprint density at radius 3 is 2.50 bits per heavy atom. The number of rotatable bonds is 3. The monoisotopic (exact) mass is 292 g/mol. The van der Waals surface area contributed by atoms with Gasteiger partial charge in [0.2, 0.25) is 5.91 Å². The molecule has 1 atom stereocenters. The molecule has 1 amide bonds. The van der Waals surface area contributed by atoms with Crippen LogP contribution >= 0.6 is 12.6 Å². The lowest BCUT2D eigenvalue weighted by atomic mass is 10.2. The van der Waals surface area contributed by atoms with E-state index in [4.69, 9.17) is 4.74 Å². The lowest BCUT2D eigenvalue weighted by Crippen LogP contribution is -2.36. The molecule has 0 saturated carbocycles. The molecule has 0 bridgehead atoms. The van der Waals surface area contributed by atoms with Gasteiger partial charge in [0.15, 0.2) is 0 Å². The third kappa shape index (κ3) is 3.10. The lowest BCUT2D eigenvalue weighted by Gasteiger charge is -2.29. The molecule has 2 saturated heterocycles. The number of thiol groups is 1. The zero-order valence-electron chi connectivity index (χ0n) is 11.5. The summed E-state index contributed by atoms with van der Waals surface area (Å²) in [5, 5.41) is 0.190. The van der Waals surface area contributed by atoms with Gasteiger partial charge in [0.25, 0.3) is 0 Å². The van der Waals surface area contributed by atoms with Crippen molar-refractivity contribution in [3.8, 4) is 0 Å². The number of benzene rings is 1. The van der Waals surface area contributed by atoms with Crippen LogP contribution in [0.25, 0.3) is 0 Å². The van der Waals surface area contributed by atoms with Crippen molar-refractivity contribution in [2.24, 2.45) is 0 Å². The standard InChI is InChI=1S/C15H20N2O2S/c18-15-9-14(20)11-17(15)10-12-1-3-13(4-2-12)16-5-7-19-8-6-16/h1-4,14,20H,5-11H2. The molecule has 1 aromatic carbocycles. The Morgan fingerprint density at radius 2 is 1.90 bits per heavy atom. The van der Waals surface area contributed by atoms with E-state index in [9.17, 15) is 4.79 Å². The number of carbonyl (C=O) groups is 1. The Hall–Kier alpha value is -1.20. The summed E-state index contributed by atoms with van der Waals surface area (Å²) in [6, 6.07) is 8.51. The highest BCUT2D eigenvalue weighted by Crippen LogP contribution is 2.21. The fraction of sp³-hybridized carbons (Fsp3) is 0.533.